The molecule has 1 aromatic carbocycles. The Bertz CT molecular complexity index is 3370. The van der Waals surface area contributed by atoms with E-state index in [1.165, 1.54) is 59.3 Å². The summed E-state index contributed by atoms with van der Waals surface area (Å²) in [5, 5.41) is 47.5. The van der Waals surface area contributed by atoms with Crippen molar-refractivity contribution in [1.82, 2.24) is 19.5 Å². The summed E-state index contributed by atoms with van der Waals surface area (Å²) in [6.07, 6.45) is 7.82. The van der Waals surface area contributed by atoms with Gasteiger partial charge in [0.1, 0.15) is 34.6 Å². The first-order valence-electron chi connectivity index (χ1n) is 28.6. The van der Waals surface area contributed by atoms with Crippen LogP contribution in [0.5, 0.6) is 11.5 Å². The van der Waals surface area contributed by atoms with E-state index in [2.05, 4.69) is 10.2 Å². The van der Waals surface area contributed by atoms with E-state index < -0.39 is 117 Å². The first-order chi connectivity index (χ1) is 39.2. The number of halogens is 1. The number of ether oxygens (including phenoxy) is 4. The van der Waals surface area contributed by atoms with E-state index in [0.717, 1.165) is 35.4 Å². The summed E-state index contributed by atoms with van der Waals surface area (Å²) in [4.78, 5) is 103. The van der Waals surface area contributed by atoms with Crippen LogP contribution in [-0.4, -0.2) is 153 Å². The summed E-state index contributed by atoms with van der Waals surface area (Å²) in [6.45, 7) is 16.3. The average molecular weight is 1150 g/mol. The van der Waals surface area contributed by atoms with Crippen LogP contribution in [-0.2, 0) is 23.8 Å². The van der Waals surface area contributed by atoms with Gasteiger partial charge in [-0.15, -0.1) is 0 Å². The van der Waals surface area contributed by atoms with E-state index in [9.17, 15) is 44.4 Å². The molecule has 7 aliphatic rings. The Labute approximate surface area is 481 Å². The molecule has 10 rings (SSSR count). The number of aromatic nitrogens is 1. The van der Waals surface area contributed by atoms with Crippen molar-refractivity contribution in [3.8, 4) is 11.5 Å². The number of nitrogens with zero attached hydrogens (tertiary/aromatic N) is 4. The van der Waals surface area contributed by atoms with Crippen molar-refractivity contribution >= 4 is 46.4 Å². The SMILES string of the molecule is CO[C@H]1/C=C/O[C@@]2(C)Oc3c(C)c(O)c4c(c3C2=O)C(=O)C(N2CCC(N(C)CC3CCN(c5c(F)cn6c(=O)c(C(=O)O)cc(C7CC7)c6c5C)C3)CC2)=C(NC(=O)/C(C)=C\C=C\[C@H](C)[C@H](O)[C@@H](C)[C@@H](O)[C@@H](C)[C@H](OC(C)=O)[C@@H]1C)C4=O. The summed E-state index contributed by atoms with van der Waals surface area (Å²) in [6, 6.07) is 1.44. The topological polar surface area (TPSA) is 263 Å². The van der Waals surface area contributed by atoms with Crippen LogP contribution in [0.1, 0.15) is 145 Å². The van der Waals surface area contributed by atoms with Crippen molar-refractivity contribution in [2.45, 2.75) is 137 Å². The number of carbonyl (C=O) groups excluding carboxylic acids is 5. The van der Waals surface area contributed by atoms with Gasteiger partial charge in [-0.25, -0.2) is 9.18 Å². The molecule has 5 bridgehead atoms. The Morgan fingerprint density at radius 1 is 0.880 bits per heavy atom. The predicted octanol–water partition coefficient (Wildman–Crippen LogP) is 6.52. The van der Waals surface area contributed by atoms with Crippen molar-refractivity contribution < 1.29 is 72.5 Å². The second kappa shape index (κ2) is 23.5. The van der Waals surface area contributed by atoms with E-state index in [4.69, 9.17) is 18.9 Å². The number of pyridine rings is 2. The molecule has 0 spiro atoms. The number of likely N-dealkylation sites (tertiary alicyclic amines) is 1. The third kappa shape index (κ3) is 11.1. The van der Waals surface area contributed by atoms with Gasteiger partial charge in [-0.05, 0) is 95.0 Å². The van der Waals surface area contributed by atoms with Gasteiger partial charge in [0.15, 0.2) is 5.82 Å². The van der Waals surface area contributed by atoms with Gasteiger partial charge < -0.3 is 59.4 Å². The van der Waals surface area contributed by atoms with E-state index in [0.29, 0.717) is 49.2 Å². The van der Waals surface area contributed by atoms with Crippen LogP contribution in [0.25, 0.3) is 5.52 Å². The van der Waals surface area contributed by atoms with Crippen molar-refractivity contribution in [2.24, 2.45) is 29.6 Å². The summed E-state index contributed by atoms with van der Waals surface area (Å²) in [5.74, 6) is -11.3. The fourth-order valence-electron chi connectivity index (χ4n) is 13.1. The fourth-order valence-corrected chi connectivity index (χ4v) is 13.1. The zero-order valence-electron chi connectivity index (χ0n) is 48.9. The molecular formula is C62H76FN5O15. The van der Waals surface area contributed by atoms with E-state index in [1.54, 1.807) is 51.7 Å². The number of hydrogen-bond acceptors (Lipinski definition) is 17. The van der Waals surface area contributed by atoms with Gasteiger partial charge in [0.2, 0.25) is 11.6 Å². The molecule has 2 aromatic heterocycles. The number of rotatable bonds is 9. The number of amides is 1. The number of fused-ring (bicyclic) bond motifs is 15. The number of aryl methyl sites for hydroxylation is 1. The molecule has 20 nitrogen and oxygen atoms in total. The van der Waals surface area contributed by atoms with Gasteiger partial charge in [0.25, 0.3) is 17.2 Å². The molecule has 3 aromatic rings. The Hall–Kier alpha value is -7.20. The Morgan fingerprint density at radius 3 is 2.19 bits per heavy atom. The van der Waals surface area contributed by atoms with E-state index in [1.807, 2.05) is 11.9 Å². The number of aliphatic hydroxyl groups is 2. The Morgan fingerprint density at radius 2 is 1.55 bits per heavy atom. The highest BCUT2D eigenvalue weighted by Gasteiger charge is 2.53. The monoisotopic (exact) mass is 1150 g/mol. The maximum absolute atomic E-state index is 16.2. The molecule has 1 saturated carbocycles. The summed E-state index contributed by atoms with van der Waals surface area (Å²) >= 11 is 0. The number of anilines is 1. The normalized spacial score (nSPS) is 29.9. The lowest BCUT2D eigenvalue weighted by atomic mass is 9.78. The van der Waals surface area contributed by atoms with Crippen LogP contribution >= 0.6 is 0 Å². The number of aliphatic hydroxyl groups excluding tert-OH is 2. The number of carboxylic acids is 1. The van der Waals surface area contributed by atoms with Crippen LogP contribution in [0.2, 0.25) is 0 Å². The molecule has 1 unspecified atom stereocenters. The smallest absolute Gasteiger partial charge is 0.341 e. The first-order valence-corrected chi connectivity index (χ1v) is 28.6. The van der Waals surface area contributed by atoms with Gasteiger partial charge in [-0.1, -0.05) is 45.9 Å². The number of esters is 1. The van der Waals surface area contributed by atoms with E-state index >= 15 is 14.0 Å². The second-order valence-electron chi connectivity index (χ2n) is 23.8. The molecule has 5 N–H and O–H groups in total. The second-order valence-corrected chi connectivity index (χ2v) is 23.8. The number of ketones is 3. The zero-order chi connectivity index (χ0) is 60.4. The highest BCUT2D eigenvalue weighted by molar-refractivity contribution is 6.32. The molecule has 7 heterocycles. The van der Waals surface area contributed by atoms with Crippen LogP contribution in [0, 0.1) is 49.3 Å². The van der Waals surface area contributed by atoms with Gasteiger partial charge >= 0.3 is 17.7 Å². The molecule has 0 radical (unpaired) electrons. The van der Waals surface area contributed by atoms with Crippen LogP contribution < -0.4 is 20.5 Å². The minimum atomic E-state index is -2.14. The number of piperidine rings is 1. The molecule has 446 valence electrons. The number of allylic oxidation sites excluding steroid dienone is 4. The van der Waals surface area contributed by atoms with Crippen molar-refractivity contribution in [3.05, 3.63) is 115 Å². The zero-order valence-corrected chi connectivity index (χ0v) is 48.9. The largest absolute Gasteiger partial charge is 0.507 e. The molecule has 21 heteroatoms. The number of aromatic hydroxyl groups is 1. The minimum Gasteiger partial charge on any atom is -0.507 e. The first kappa shape index (κ1) is 60.4. The Balaban J connectivity index is 1.00. The third-order valence-corrected chi connectivity index (χ3v) is 18.2. The highest BCUT2D eigenvalue weighted by atomic mass is 19.1. The van der Waals surface area contributed by atoms with Crippen LogP contribution in [0.3, 0.4) is 0 Å². The summed E-state index contributed by atoms with van der Waals surface area (Å²) in [7, 11) is 3.42. The van der Waals surface area contributed by atoms with Crippen LogP contribution in [0.4, 0.5) is 10.1 Å². The number of methoxy groups -OCH3 is 1. The lowest BCUT2D eigenvalue weighted by Crippen LogP contribution is -2.48. The number of Topliss-reactive ketones (excluding diaryl/α,β-unsaturated/α-hetero) is 3. The van der Waals surface area contributed by atoms with Crippen molar-refractivity contribution in [3.63, 3.8) is 0 Å². The minimum absolute atomic E-state index is 0.0113. The van der Waals surface area contributed by atoms with Crippen LogP contribution in [0.15, 0.2) is 64.6 Å². The maximum atomic E-state index is 16.2. The lowest BCUT2D eigenvalue weighted by molar-refractivity contribution is -0.160. The number of benzene rings is 1. The molecule has 10 atom stereocenters. The quantitative estimate of drug-likeness (QED) is 0.143. The molecular weight excluding hydrogens is 1070 g/mol. The fraction of sp³-hybridized carbons (Fsp3) is 0.532. The number of hydrogen-bond donors (Lipinski definition) is 5. The summed E-state index contributed by atoms with van der Waals surface area (Å²) < 4.78 is 41.2. The summed E-state index contributed by atoms with van der Waals surface area (Å²) in [5.41, 5.74) is -0.586. The molecule has 5 aliphatic heterocycles. The van der Waals surface area contributed by atoms with E-state index in [-0.39, 0.29) is 70.4 Å². The number of nitrogens with one attached hydrogen (secondary N) is 1. The third-order valence-electron chi connectivity index (χ3n) is 18.2. The molecule has 3 fully saturated rings. The maximum Gasteiger partial charge on any atom is 0.341 e. The molecule has 2 aliphatic carbocycles. The average Bonchev–Trinajstić information content (AvgIpc) is 2.31. The predicted molar refractivity (Wildman–Crippen MR) is 303 cm³/mol. The molecule has 2 saturated heterocycles. The lowest BCUT2D eigenvalue weighted by Gasteiger charge is -2.40. The Kier molecular flexibility index (Phi) is 17.1. The van der Waals surface area contributed by atoms with Crippen molar-refractivity contribution in [2.75, 3.05) is 51.8 Å². The highest BCUT2D eigenvalue weighted by Crippen LogP contribution is 2.50. The number of aromatic carboxylic acids is 1. The van der Waals surface area contributed by atoms with Gasteiger partial charge in [-0.2, -0.15) is 0 Å². The number of phenolic OH excluding ortho intramolecular Hbond substituents is 1. The van der Waals surface area contributed by atoms with Gasteiger partial charge in [-0.3, -0.25) is 33.2 Å². The number of phenols is 1. The van der Waals surface area contributed by atoms with Crippen molar-refractivity contribution in [1.29, 1.82) is 0 Å². The number of carboxylic acid groups (broad SMARTS) is 1. The standard InChI is InChI=1S/C62H76FN5O15/c1-29-13-12-14-30(2)59(76)64-47-50(66-22-18-39(19-23-66)65(10)26-37-17-21-67(27-37)49-32(4)48-40(38-15-16-38)25-41(61(78)79)60(77)68(48)28-42(49)63)55(74)44-45(54(47)73)53(72)35(7)57-46(44)58(75)62(9,83-57)81-24-20-43(80-11)31(3)56(82-36(8)69)34(6)52(71)33(5)51(29)70/h12-14,20,24-25,28-29,31,33-34,37-39,43,51-52,56,70-72H,15-19,21-23,26-27H2,1-11H3,(H,64,76)(H,78,79)/b13-12+,24-20+,30-14-/t29-,31+,33+,34+,37?,43-,51-,52+,56+,62-/m0/s1. The molecule has 83 heavy (non-hydrogen) atoms. The van der Waals surface area contributed by atoms with Gasteiger partial charge in [0, 0.05) is 94.5 Å². The van der Waals surface area contributed by atoms with Gasteiger partial charge in [0.05, 0.1) is 58.7 Å². The number of carbonyl (C=O) groups is 6. The molecule has 1 amide bonds.